The number of hydrogen-bond acceptors (Lipinski definition) is 4. The quantitative estimate of drug-likeness (QED) is 0.272. The average molecular weight is 506 g/mol. The maximum atomic E-state index is 13.0. The van der Waals surface area contributed by atoms with Gasteiger partial charge in [0.15, 0.2) is 5.96 Å². The molecule has 6 N–H and O–H groups in total. The molecule has 1 saturated carbocycles. The van der Waals surface area contributed by atoms with Crippen LogP contribution >= 0.6 is 0 Å². The van der Waals surface area contributed by atoms with Crippen molar-refractivity contribution in [1.29, 1.82) is 0 Å². The number of aryl methyl sites for hydroxylation is 1. The number of nitrogens with two attached hydrogens (primary N) is 2. The number of nitrogens with zero attached hydrogens (tertiary/aromatic N) is 2. The second-order valence-electron chi connectivity index (χ2n) is 10.0. The van der Waals surface area contributed by atoms with Crippen molar-refractivity contribution in [3.05, 3.63) is 71.3 Å². The van der Waals surface area contributed by atoms with Crippen molar-refractivity contribution < 1.29 is 19.5 Å². The second kappa shape index (κ2) is 11.9. The van der Waals surface area contributed by atoms with Gasteiger partial charge in [-0.1, -0.05) is 42.5 Å². The zero-order valence-corrected chi connectivity index (χ0v) is 20.9. The Kier molecular flexibility index (Phi) is 8.43. The van der Waals surface area contributed by atoms with Crippen LogP contribution in [-0.4, -0.2) is 58.9 Å². The normalized spacial score (nSPS) is 22.8. The summed E-state index contributed by atoms with van der Waals surface area (Å²) in [5, 5.41) is 12.2. The SMILES string of the molecule is NC(N)=NC1CC(c2ccc(C(=O)NC[C@@H]3C[C@@H](CC(=O)O)C(=O)N3CCCc3ccccc3)cc2)C1. The highest BCUT2D eigenvalue weighted by molar-refractivity contribution is 5.94. The first-order chi connectivity index (χ1) is 17.8. The minimum Gasteiger partial charge on any atom is -0.481 e. The van der Waals surface area contributed by atoms with Crippen LogP contribution in [-0.2, 0) is 16.0 Å². The zero-order chi connectivity index (χ0) is 26.4. The molecule has 9 nitrogen and oxygen atoms in total. The number of carboxylic acid groups (broad SMARTS) is 1. The van der Waals surface area contributed by atoms with E-state index in [9.17, 15) is 19.5 Å². The third-order valence-corrected chi connectivity index (χ3v) is 7.35. The molecule has 2 fully saturated rings. The number of likely N-dealkylation sites (tertiary alicyclic amines) is 1. The van der Waals surface area contributed by atoms with Crippen LogP contribution in [0, 0.1) is 5.92 Å². The van der Waals surface area contributed by atoms with Gasteiger partial charge in [-0.2, -0.15) is 0 Å². The predicted octanol–water partition coefficient (Wildman–Crippen LogP) is 2.26. The van der Waals surface area contributed by atoms with Gasteiger partial charge in [-0.15, -0.1) is 0 Å². The molecule has 0 spiro atoms. The average Bonchev–Trinajstić information content (AvgIpc) is 3.14. The first kappa shape index (κ1) is 26.2. The molecule has 0 radical (unpaired) electrons. The smallest absolute Gasteiger partial charge is 0.304 e. The Morgan fingerprint density at radius 3 is 2.38 bits per heavy atom. The highest BCUT2D eigenvalue weighted by Gasteiger charge is 2.40. The molecule has 196 valence electrons. The van der Waals surface area contributed by atoms with Crippen molar-refractivity contribution in [2.24, 2.45) is 22.4 Å². The Morgan fingerprint density at radius 1 is 1.03 bits per heavy atom. The van der Waals surface area contributed by atoms with Crippen molar-refractivity contribution in [3.8, 4) is 0 Å². The molecular weight excluding hydrogens is 470 g/mol. The van der Waals surface area contributed by atoms with Crippen molar-refractivity contribution in [2.75, 3.05) is 13.1 Å². The molecule has 1 heterocycles. The molecule has 2 aromatic rings. The molecule has 2 amide bonds. The van der Waals surface area contributed by atoms with Gasteiger partial charge >= 0.3 is 5.97 Å². The van der Waals surface area contributed by atoms with Gasteiger partial charge in [0.25, 0.3) is 5.91 Å². The van der Waals surface area contributed by atoms with Crippen LogP contribution in [0.5, 0.6) is 0 Å². The van der Waals surface area contributed by atoms with Gasteiger partial charge in [-0.25, -0.2) is 0 Å². The van der Waals surface area contributed by atoms with Crippen LogP contribution < -0.4 is 16.8 Å². The number of hydrogen-bond donors (Lipinski definition) is 4. The van der Waals surface area contributed by atoms with Crippen LogP contribution in [0.1, 0.15) is 59.5 Å². The molecule has 9 heteroatoms. The van der Waals surface area contributed by atoms with E-state index in [1.54, 1.807) is 4.90 Å². The predicted molar refractivity (Wildman–Crippen MR) is 141 cm³/mol. The fourth-order valence-corrected chi connectivity index (χ4v) is 5.33. The van der Waals surface area contributed by atoms with Gasteiger partial charge in [-0.05, 0) is 61.3 Å². The number of rotatable bonds is 11. The Balaban J connectivity index is 1.31. The summed E-state index contributed by atoms with van der Waals surface area (Å²) in [4.78, 5) is 43.0. The number of carbonyl (C=O) groups excluding carboxylic acids is 2. The number of carbonyl (C=O) groups is 3. The Hall–Kier alpha value is -3.88. The lowest BCUT2D eigenvalue weighted by Gasteiger charge is -2.33. The number of guanidine groups is 1. The number of aliphatic carboxylic acids is 1. The van der Waals surface area contributed by atoms with E-state index in [0.29, 0.717) is 24.4 Å². The van der Waals surface area contributed by atoms with Crippen molar-refractivity contribution in [1.82, 2.24) is 10.2 Å². The number of carboxylic acids is 1. The fraction of sp³-hybridized carbons (Fsp3) is 0.429. The largest absolute Gasteiger partial charge is 0.481 e. The molecule has 2 atom stereocenters. The highest BCUT2D eigenvalue weighted by Crippen LogP contribution is 2.38. The topological polar surface area (TPSA) is 151 Å². The molecule has 0 unspecified atom stereocenters. The van der Waals surface area contributed by atoms with Crippen LogP contribution in [0.4, 0.5) is 0 Å². The molecule has 0 bridgehead atoms. The summed E-state index contributed by atoms with van der Waals surface area (Å²) in [6.07, 6.45) is 3.60. The third-order valence-electron chi connectivity index (χ3n) is 7.35. The van der Waals surface area contributed by atoms with Crippen molar-refractivity contribution >= 4 is 23.7 Å². The molecule has 4 rings (SSSR count). The van der Waals surface area contributed by atoms with Crippen molar-refractivity contribution in [3.63, 3.8) is 0 Å². The van der Waals surface area contributed by atoms with E-state index >= 15 is 0 Å². The van der Waals surface area contributed by atoms with Crippen LogP contribution in [0.2, 0.25) is 0 Å². The molecule has 2 aromatic carbocycles. The standard InChI is InChI=1S/C28H35N5O4/c29-28(30)32-23-13-21(14-23)19-8-10-20(11-9-19)26(36)31-17-24-15-22(16-25(34)35)27(37)33(24)12-4-7-18-5-2-1-3-6-18/h1-3,5-6,8-11,21-24H,4,7,12-17H2,(H,31,36)(H,34,35)(H4,29,30,32)/t21?,22-,23?,24-/m0/s1. The third kappa shape index (κ3) is 6.87. The first-order valence-electron chi connectivity index (χ1n) is 12.8. The van der Waals surface area contributed by atoms with E-state index in [0.717, 1.165) is 31.2 Å². The number of benzene rings is 2. The minimum atomic E-state index is -0.983. The Morgan fingerprint density at radius 2 is 1.73 bits per heavy atom. The van der Waals surface area contributed by atoms with E-state index in [2.05, 4.69) is 22.4 Å². The number of amides is 2. The van der Waals surface area contributed by atoms with Crippen LogP contribution in [0.25, 0.3) is 0 Å². The van der Waals surface area contributed by atoms with Crippen molar-refractivity contribution in [2.45, 2.75) is 56.5 Å². The van der Waals surface area contributed by atoms with Gasteiger partial charge in [0.1, 0.15) is 0 Å². The molecule has 1 aliphatic carbocycles. The summed E-state index contributed by atoms with van der Waals surface area (Å²) < 4.78 is 0. The van der Waals surface area contributed by atoms with Crippen LogP contribution in [0.3, 0.4) is 0 Å². The Bertz CT molecular complexity index is 1130. The molecule has 37 heavy (non-hydrogen) atoms. The maximum absolute atomic E-state index is 13.0. The van der Waals surface area contributed by atoms with Gasteiger partial charge in [0, 0.05) is 24.7 Å². The summed E-state index contributed by atoms with van der Waals surface area (Å²) in [6, 6.07) is 17.5. The van der Waals surface area contributed by atoms with E-state index in [4.69, 9.17) is 11.5 Å². The summed E-state index contributed by atoms with van der Waals surface area (Å²) in [6.45, 7) is 0.817. The van der Waals surface area contributed by atoms with E-state index in [1.807, 2.05) is 42.5 Å². The minimum absolute atomic E-state index is 0.114. The zero-order valence-electron chi connectivity index (χ0n) is 20.9. The summed E-state index contributed by atoms with van der Waals surface area (Å²) >= 11 is 0. The molecular formula is C28H35N5O4. The fourth-order valence-electron chi connectivity index (χ4n) is 5.33. The lowest BCUT2D eigenvalue weighted by Crippen LogP contribution is -2.42. The highest BCUT2D eigenvalue weighted by atomic mass is 16.4. The monoisotopic (exact) mass is 505 g/mol. The lowest BCUT2D eigenvalue weighted by molar-refractivity contribution is -0.142. The van der Waals surface area contributed by atoms with E-state index in [-0.39, 0.29) is 42.8 Å². The molecule has 1 saturated heterocycles. The van der Waals surface area contributed by atoms with Gasteiger partial charge in [0.05, 0.1) is 18.4 Å². The number of aliphatic imine (C=N–C) groups is 1. The van der Waals surface area contributed by atoms with Crippen LogP contribution in [0.15, 0.2) is 59.6 Å². The molecule has 0 aromatic heterocycles. The Labute approximate surface area is 216 Å². The van der Waals surface area contributed by atoms with E-state index < -0.39 is 11.9 Å². The lowest BCUT2D eigenvalue weighted by atomic mass is 9.76. The summed E-state index contributed by atoms with van der Waals surface area (Å²) in [7, 11) is 0. The van der Waals surface area contributed by atoms with Gasteiger partial charge in [-0.3, -0.25) is 19.4 Å². The molecule has 2 aliphatic rings. The number of nitrogens with one attached hydrogen (secondary N) is 1. The van der Waals surface area contributed by atoms with E-state index in [1.165, 1.54) is 5.56 Å². The summed E-state index contributed by atoms with van der Waals surface area (Å²) in [5.74, 6) is -1.39. The molecule has 1 aliphatic heterocycles. The maximum Gasteiger partial charge on any atom is 0.304 e. The summed E-state index contributed by atoms with van der Waals surface area (Å²) in [5.41, 5.74) is 13.8. The second-order valence-corrected chi connectivity index (χ2v) is 10.0. The van der Waals surface area contributed by atoms with Gasteiger partial charge in [0.2, 0.25) is 5.91 Å². The first-order valence-corrected chi connectivity index (χ1v) is 12.8. The van der Waals surface area contributed by atoms with Gasteiger partial charge < -0.3 is 26.8 Å².